The molecule has 1 aliphatic heterocycles. The Morgan fingerprint density at radius 2 is 1.12 bits per heavy atom. The fourth-order valence-corrected chi connectivity index (χ4v) is 12.7. The normalized spacial score (nSPS) is 25.3. The Morgan fingerprint density at radius 1 is 0.583 bits per heavy atom. The predicted octanol–water partition coefficient (Wildman–Crippen LogP) is 11.5. The van der Waals surface area contributed by atoms with Crippen molar-refractivity contribution in [3.8, 4) is 0 Å². The number of amides is 6. The largest absolute Gasteiger partial charge is 0.392 e. The maximum Gasteiger partial charge on any atom is 0.245 e. The average Bonchev–Trinajstić information content (AvgIpc) is 0.836. The van der Waals surface area contributed by atoms with Gasteiger partial charge in [0.2, 0.25) is 35.4 Å². The molecule has 0 aromatic carbocycles. The van der Waals surface area contributed by atoms with Crippen molar-refractivity contribution in [1.29, 1.82) is 0 Å². The van der Waals surface area contributed by atoms with E-state index in [9.17, 15) is 57.8 Å². The molecule has 1 saturated heterocycles. The van der Waals surface area contributed by atoms with Crippen LogP contribution in [0.5, 0.6) is 0 Å². The van der Waals surface area contributed by atoms with Crippen molar-refractivity contribution >= 4 is 64.4 Å². The van der Waals surface area contributed by atoms with Gasteiger partial charge in [0.15, 0.2) is 28.9 Å². The smallest absolute Gasteiger partial charge is 0.245 e. The van der Waals surface area contributed by atoms with Crippen LogP contribution >= 0.6 is 0 Å². The van der Waals surface area contributed by atoms with E-state index in [1.807, 2.05) is 54.5 Å². The number of hydrogen-bond donors (Lipinski definition) is 3. The third kappa shape index (κ3) is 31.3. The van der Waals surface area contributed by atoms with E-state index in [1.165, 1.54) is 80.4 Å². The number of nitrogens with one attached hydrogen (secondary N) is 2. The molecule has 550 valence electrons. The molecular weight excluding hydrogens is 1220 g/mol. The molecule has 6 amide bonds. The van der Waals surface area contributed by atoms with Crippen molar-refractivity contribution in [2.24, 2.45) is 70.2 Å². The molecule has 0 aromatic heterocycles. The summed E-state index contributed by atoms with van der Waals surface area (Å²) in [7, 11) is 5.85. The molecule has 0 aromatic rings. The van der Waals surface area contributed by atoms with E-state index in [0.717, 1.165) is 5.92 Å². The van der Waals surface area contributed by atoms with E-state index in [2.05, 4.69) is 41.4 Å². The second-order valence-electron chi connectivity index (χ2n) is 29.7. The number of nitrogens with zero attached hydrogens (tertiary/aromatic N) is 7. The molecule has 1 heterocycles. The van der Waals surface area contributed by atoms with Crippen molar-refractivity contribution in [3.63, 3.8) is 0 Å². The number of aliphatic hydroxyl groups excluding tert-OH is 1. The molecule has 1 rings (SSSR count). The predicted molar refractivity (Wildman–Crippen MR) is 379 cm³/mol. The molecule has 0 aliphatic carbocycles. The van der Waals surface area contributed by atoms with E-state index < -0.39 is 167 Å². The van der Waals surface area contributed by atoms with Crippen LogP contribution in [-0.4, -0.2) is 179 Å². The Hall–Kier alpha value is -5.86. The van der Waals surface area contributed by atoms with Gasteiger partial charge in [-0.3, -0.25) is 52.7 Å². The number of Topliss-reactive ketones (excluding diaryl/α,β-unsaturated/α-hetero) is 5. The number of likely N-dealkylation sites (N-methyl/N-ethyl adjacent to an activating group) is 4. The fraction of sp³-hybridized carbons (Fsp3) is 0.824. The van der Waals surface area contributed by atoms with Gasteiger partial charge in [0, 0.05) is 103 Å². The van der Waals surface area contributed by atoms with Gasteiger partial charge in [-0.25, -0.2) is 0 Å². The van der Waals surface area contributed by atoms with Crippen LogP contribution < -0.4 is 10.6 Å². The molecule has 96 heavy (non-hydrogen) atoms. The first-order valence-corrected chi connectivity index (χ1v) is 36.0. The number of hydrogen-bond acceptors (Lipinski definition) is 14. The van der Waals surface area contributed by atoms with Gasteiger partial charge in [-0.15, -0.1) is 0 Å². The van der Waals surface area contributed by atoms with E-state index in [4.69, 9.17) is 10.3 Å². The Balaban J connectivity index is 0.0000105. The van der Waals surface area contributed by atoms with Gasteiger partial charge < -0.3 is 40.1 Å². The van der Waals surface area contributed by atoms with Crippen LogP contribution in [0.2, 0.25) is 0 Å². The molecule has 3 N–H and O–H groups in total. The van der Waals surface area contributed by atoms with Gasteiger partial charge >= 0.3 is 0 Å². The number of allylic oxidation sites excluding steroid dienone is 2. The molecule has 22 nitrogen and oxygen atoms in total. The topological polar surface area (TPSA) is 303 Å². The number of unbranched alkanes of at least 4 members (excludes halogenated alkanes) is 3. The molecule has 1 fully saturated rings. The van der Waals surface area contributed by atoms with Gasteiger partial charge in [-0.2, -0.15) is 0 Å². The highest BCUT2D eigenvalue weighted by atomic mass is 16.5. The number of azide groups is 1. The molecule has 0 radical (unpaired) electrons. The fourth-order valence-electron chi connectivity index (χ4n) is 12.7. The van der Waals surface area contributed by atoms with Crippen LogP contribution in [0.1, 0.15) is 241 Å². The van der Waals surface area contributed by atoms with Crippen molar-refractivity contribution < 1.29 is 62.6 Å². The SMILES string of the molecule is C/C=C/C[C@@H](C)[C@@H](O)[C@@H]1CC(=O)[C@H](C(C)C)N(C)C(=O)[C@H](CC(C)C)CC(=O)[C@H](CC(C)C)N(C)C(=O)[C@@H](C)NC(=O)[C@H](C)CC(=O)[C@H](CC(C)C)N(C)C(=O)[C@H](C(C)C)CC(=O)[C@H]([C@@H](C)OCCCCN=[N+]=[N-])N(C)C(=O)CCC(=O)[C@H](CC)NC1=O.CCCCCC(C)C. The Bertz CT molecular complexity index is 2550. The van der Waals surface area contributed by atoms with Gasteiger partial charge in [0.25, 0.3) is 0 Å². The highest BCUT2D eigenvalue weighted by Crippen LogP contribution is 2.30. The summed E-state index contributed by atoms with van der Waals surface area (Å²) in [5.74, 6) is -11.2. The number of aliphatic hydroxyl groups is 1. The Kier molecular flexibility index (Phi) is 43.6. The lowest BCUT2D eigenvalue weighted by atomic mass is 9.82. The Morgan fingerprint density at radius 3 is 1.62 bits per heavy atom. The minimum absolute atomic E-state index is 0.0741. The number of rotatable bonds is 24. The van der Waals surface area contributed by atoms with Gasteiger partial charge in [0.05, 0.1) is 42.3 Å². The summed E-state index contributed by atoms with van der Waals surface area (Å²) in [6, 6.07) is -6.75. The molecule has 0 bridgehead atoms. The summed E-state index contributed by atoms with van der Waals surface area (Å²) in [5, 5.41) is 21.0. The van der Waals surface area contributed by atoms with Gasteiger partial charge in [-0.05, 0) is 113 Å². The zero-order valence-corrected chi connectivity index (χ0v) is 63.5. The summed E-state index contributed by atoms with van der Waals surface area (Å²) in [5.41, 5.74) is 8.75. The summed E-state index contributed by atoms with van der Waals surface area (Å²) < 4.78 is 6.15. The minimum Gasteiger partial charge on any atom is -0.392 e. The van der Waals surface area contributed by atoms with Crippen LogP contribution in [0.15, 0.2) is 17.3 Å². The van der Waals surface area contributed by atoms with E-state index in [0.29, 0.717) is 19.3 Å². The molecule has 22 heteroatoms. The highest BCUT2D eigenvalue weighted by Gasteiger charge is 2.43. The second-order valence-corrected chi connectivity index (χ2v) is 29.7. The van der Waals surface area contributed by atoms with Crippen molar-refractivity contribution in [1.82, 2.24) is 30.2 Å². The second kappa shape index (κ2) is 46.4. The van der Waals surface area contributed by atoms with Crippen LogP contribution in [0.25, 0.3) is 10.4 Å². The molecule has 1 aliphatic rings. The number of carbonyl (C=O) groups is 11. The summed E-state index contributed by atoms with van der Waals surface area (Å²) >= 11 is 0. The van der Waals surface area contributed by atoms with E-state index in [1.54, 1.807) is 61.5 Å². The quantitative estimate of drug-likeness (QED) is 0.0266. The van der Waals surface area contributed by atoms with Crippen LogP contribution in [0.4, 0.5) is 0 Å². The van der Waals surface area contributed by atoms with Crippen LogP contribution in [-0.2, 0) is 57.5 Å². The standard InChI is InChI=1S/C66H113N9O13.C8H18/c1-21-23-26-43(13)61(82)49-37-56(79)59(42(11)12)75(20)65(86)47(31-38(3)4)35-55(78)52(33-40(7)8)72(17)64(85)45(15)69-62(83)44(14)34-54(77)51(32-39(5)6)73(18)66(87)48(41(9)10)36-57(80)60(46(16)88-30-25-24-29-68-71-67)74(19)58(81)28-27-53(76)50(22-2)70-63(49)84;1-4-5-6-7-8(2)3/h21,23,38-52,59-61,82H,22,24-37H2,1-20H3,(H,69,83)(H,70,84);8H,4-7H2,1-3H3/b23-21+;/t43-,44-,45-,46-,47-,48+,49+,50+,51+,52+,59+,60+,61-;/m1./s1. The molecule has 13 atom stereocenters. The maximum atomic E-state index is 14.9. The summed E-state index contributed by atoms with van der Waals surface area (Å²) in [6.45, 7) is 35.4. The number of ether oxygens (including phenoxy) is 1. The third-order valence-corrected chi connectivity index (χ3v) is 18.5. The zero-order valence-electron chi connectivity index (χ0n) is 63.5. The van der Waals surface area contributed by atoms with Crippen molar-refractivity contribution in [3.05, 3.63) is 22.6 Å². The van der Waals surface area contributed by atoms with E-state index in [-0.39, 0.29) is 82.3 Å². The lowest BCUT2D eigenvalue weighted by molar-refractivity contribution is -0.148. The molecular formula is C74H131N9O13. The number of carbonyl (C=O) groups excluding carboxylic acids is 11. The zero-order chi connectivity index (χ0) is 74.0. The van der Waals surface area contributed by atoms with E-state index >= 15 is 0 Å². The monoisotopic (exact) mass is 1350 g/mol. The molecule has 0 saturated carbocycles. The average molecular weight is 1350 g/mol. The Labute approximate surface area is 578 Å². The van der Waals surface area contributed by atoms with Crippen LogP contribution in [0.3, 0.4) is 0 Å². The highest BCUT2D eigenvalue weighted by molar-refractivity contribution is 5.99. The third-order valence-electron chi connectivity index (χ3n) is 18.5. The van der Waals surface area contributed by atoms with Gasteiger partial charge in [-0.1, -0.05) is 154 Å². The molecule has 0 spiro atoms. The number of ketones is 5. The van der Waals surface area contributed by atoms with Crippen LogP contribution in [0, 0.1) is 65.1 Å². The first-order valence-electron chi connectivity index (χ1n) is 36.0. The summed E-state index contributed by atoms with van der Waals surface area (Å²) in [4.78, 5) is 168. The van der Waals surface area contributed by atoms with Crippen molar-refractivity contribution in [2.45, 2.75) is 289 Å². The minimum atomic E-state index is -1.40. The molecule has 0 unspecified atom stereocenters. The maximum absolute atomic E-state index is 14.9. The summed E-state index contributed by atoms with van der Waals surface area (Å²) in [6.07, 6.45) is 6.68. The first-order chi connectivity index (χ1) is 44.8. The first kappa shape index (κ1) is 90.1. The van der Waals surface area contributed by atoms with Crippen molar-refractivity contribution in [2.75, 3.05) is 41.3 Å². The lowest BCUT2D eigenvalue weighted by Gasteiger charge is -2.36. The van der Waals surface area contributed by atoms with Gasteiger partial charge in [0.1, 0.15) is 12.1 Å². The lowest BCUT2D eigenvalue weighted by Crippen LogP contribution is -2.53.